The van der Waals surface area contributed by atoms with Crippen LogP contribution in [0.1, 0.15) is 5.56 Å². The van der Waals surface area contributed by atoms with Gasteiger partial charge >= 0.3 is 5.97 Å². The van der Waals surface area contributed by atoms with E-state index >= 15 is 0 Å². The van der Waals surface area contributed by atoms with Crippen molar-refractivity contribution in [3.63, 3.8) is 0 Å². The van der Waals surface area contributed by atoms with Crippen molar-refractivity contribution in [2.24, 2.45) is 0 Å². The Balaban J connectivity index is 2.13. The van der Waals surface area contributed by atoms with Crippen LogP contribution in [0.5, 0.6) is 5.75 Å². The third-order valence-electron chi connectivity index (χ3n) is 2.54. The van der Waals surface area contributed by atoms with E-state index in [0.29, 0.717) is 15.8 Å². The molecule has 0 aliphatic rings. The Morgan fingerprint density at radius 1 is 1.25 bits per heavy atom. The quantitative estimate of drug-likeness (QED) is 0.918. The van der Waals surface area contributed by atoms with E-state index in [9.17, 15) is 9.90 Å². The van der Waals surface area contributed by atoms with E-state index < -0.39 is 12.1 Å². The number of carbonyl (C=O) groups is 1. The first-order valence-electron chi connectivity index (χ1n) is 5.79. The Bertz CT molecular complexity index is 571. The van der Waals surface area contributed by atoms with Crippen LogP contribution < -0.4 is 4.74 Å². The number of halogens is 2. The van der Waals surface area contributed by atoms with Gasteiger partial charge in [-0.05, 0) is 17.7 Å². The molecule has 0 bridgehead atoms. The van der Waals surface area contributed by atoms with Gasteiger partial charge in [0.2, 0.25) is 0 Å². The molecule has 6 heteroatoms. The number of aliphatic carboxylic acids is 1. The van der Waals surface area contributed by atoms with E-state index in [1.807, 2.05) is 0 Å². The molecular weight excluding hydrogens is 301 g/mol. The summed E-state index contributed by atoms with van der Waals surface area (Å²) >= 11 is 11.7. The molecular formula is C14H11Cl2NO3. The summed E-state index contributed by atoms with van der Waals surface area (Å²) in [5.74, 6) is -0.753. The van der Waals surface area contributed by atoms with Crippen LogP contribution in [0.4, 0.5) is 0 Å². The maximum Gasteiger partial charge on any atom is 0.345 e. The molecule has 4 nitrogen and oxygen atoms in total. The summed E-state index contributed by atoms with van der Waals surface area (Å²) in [6.45, 7) is 0. The van der Waals surface area contributed by atoms with Crippen LogP contribution in [0.25, 0.3) is 0 Å². The van der Waals surface area contributed by atoms with Gasteiger partial charge in [0.1, 0.15) is 5.75 Å². The van der Waals surface area contributed by atoms with Gasteiger partial charge < -0.3 is 9.84 Å². The fourth-order valence-electron chi connectivity index (χ4n) is 1.68. The summed E-state index contributed by atoms with van der Waals surface area (Å²) in [6, 6.07) is 8.50. The Morgan fingerprint density at radius 3 is 2.70 bits per heavy atom. The highest BCUT2D eigenvalue weighted by Gasteiger charge is 2.20. The molecule has 1 heterocycles. The van der Waals surface area contributed by atoms with Crippen molar-refractivity contribution in [3.05, 3.63) is 58.3 Å². The van der Waals surface area contributed by atoms with Crippen molar-refractivity contribution in [2.45, 2.75) is 12.5 Å². The first-order valence-corrected chi connectivity index (χ1v) is 6.54. The first-order chi connectivity index (χ1) is 9.54. The van der Waals surface area contributed by atoms with E-state index in [1.54, 1.807) is 24.3 Å². The number of aromatic nitrogens is 1. The minimum atomic E-state index is -1.06. The standard InChI is InChI=1S/C14H11Cl2NO3/c15-10-3-1-2-9(4-10)5-13(14(18)19)20-12-6-11(16)7-17-8-12/h1-4,6-8,13H,5H2,(H,18,19). The molecule has 0 saturated heterocycles. The molecule has 0 aliphatic carbocycles. The Labute approximate surface area is 125 Å². The number of nitrogens with zero attached hydrogens (tertiary/aromatic N) is 1. The monoisotopic (exact) mass is 311 g/mol. The van der Waals surface area contributed by atoms with E-state index in [4.69, 9.17) is 27.9 Å². The third-order valence-corrected chi connectivity index (χ3v) is 2.99. The van der Waals surface area contributed by atoms with Crippen LogP contribution in [0.15, 0.2) is 42.7 Å². The van der Waals surface area contributed by atoms with Crippen LogP contribution in [0.3, 0.4) is 0 Å². The number of benzene rings is 1. The fourth-order valence-corrected chi connectivity index (χ4v) is 2.06. The maximum atomic E-state index is 11.3. The van der Waals surface area contributed by atoms with Crippen molar-refractivity contribution in [2.75, 3.05) is 0 Å². The zero-order valence-corrected chi connectivity index (χ0v) is 11.8. The number of carboxylic acids is 1. The predicted octanol–water partition coefficient (Wildman–Crippen LogP) is 3.46. The van der Waals surface area contributed by atoms with E-state index in [0.717, 1.165) is 5.56 Å². The van der Waals surface area contributed by atoms with Gasteiger partial charge in [-0.15, -0.1) is 0 Å². The van der Waals surface area contributed by atoms with Gasteiger partial charge in [0.15, 0.2) is 6.10 Å². The molecule has 1 N–H and O–H groups in total. The SMILES string of the molecule is O=C(O)C(Cc1cccc(Cl)c1)Oc1cncc(Cl)c1. The zero-order chi connectivity index (χ0) is 14.5. The normalized spacial score (nSPS) is 11.9. The van der Waals surface area contributed by atoms with Crippen molar-refractivity contribution in [1.29, 1.82) is 0 Å². The molecule has 104 valence electrons. The largest absolute Gasteiger partial charge is 0.478 e. The lowest BCUT2D eigenvalue weighted by Crippen LogP contribution is -2.29. The summed E-state index contributed by atoms with van der Waals surface area (Å²) < 4.78 is 5.41. The number of hydrogen-bond acceptors (Lipinski definition) is 3. The van der Waals surface area contributed by atoms with Gasteiger partial charge in [0.25, 0.3) is 0 Å². The average molecular weight is 312 g/mol. The van der Waals surface area contributed by atoms with Crippen molar-refractivity contribution in [3.8, 4) is 5.75 Å². The van der Waals surface area contributed by atoms with Crippen LogP contribution in [-0.2, 0) is 11.2 Å². The molecule has 0 fully saturated rings. The zero-order valence-electron chi connectivity index (χ0n) is 10.3. The molecule has 0 spiro atoms. The maximum absolute atomic E-state index is 11.3. The van der Waals surface area contributed by atoms with Gasteiger partial charge in [-0.1, -0.05) is 35.3 Å². The molecule has 0 amide bonds. The minimum Gasteiger partial charge on any atom is -0.478 e. The second kappa shape index (κ2) is 6.59. The lowest BCUT2D eigenvalue weighted by Gasteiger charge is -2.15. The highest BCUT2D eigenvalue weighted by atomic mass is 35.5. The lowest BCUT2D eigenvalue weighted by atomic mass is 10.1. The average Bonchev–Trinajstić information content (AvgIpc) is 2.38. The summed E-state index contributed by atoms with van der Waals surface area (Å²) in [4.78, 5) is 15.1. The molecule has 1 atom stereocenters. The topological polar surface area (TPSA) is 59.4 Å². The smallest absolute Gasteiger partial charge is 0.345 e. The summed E-state index contributed by atoms with van der Waals surface area (Å²) in [5.41, 5.74) is 0.778. The predicted molar refractivity (Wildman–Crippen MR) is 76.5 cm³/mol. The van der Waals surface area contributed by atoms with Crippen molar-refractivity contribution in [1.82, 2.24) is 4.98 Å². The molecule has 0 saturated carbocycles. The molecule has 0 radical (unpaired) electrons. The van der Waals surface area contributed by atoms with Crippen molar-refractivity contribution >= 4 is 29.2 Å². The van der Waals surface area contributed by atoms with Gasteiger partial charge in [-0.25, -0.2) is 4.79 Å². The number of ether oxygens (including phenoxy) is 1. The lowest BCUT2D eigenvalue weighted by molar-refractivity contribution is -0.145. The van der Waals surface area contributed by atoms with E-state index in [2.05, 4.69) is 4.98 Å². The van der Waals surface area contributed by atoms with Gasteiger partial charge in [-0.3, -0.25) is 4.98 Å². The molecule has 2 aromatic rings. The van der Waals surface area contributed by atoms with Crippen molar-refractivity contribution < 1.29 is 14.6 Å². The summed E-state index contributed by atoms with van der Waals surface area (Å²) in [6.07, 6.45) is 2.03. The van der Waals surface area contributed by atoms with E-state index in [-0.39, 0.29) is 6.42 Å². The van der Waals surface area contributed by atoms with E-state index in [1.165, 1.54) is 18.5 Å². The van der Waals surface area contributed by atoms with Gasteiger partial charge in [0.05, 0.1) is 11.2 Å². The third kappa shape index (κ3) is 4.11. The second-order valence-electron chi connectivity index (χ2n) is 4.12. The van der Waals surface area contributed by atoms with Gasteiger partial charge in [-0.2, -0.15) is 0 Å². The van der Waals surface area contributed by atoms with Crippen LogP contribution >= 0.6 is 23.2 Å². The summed E-state index contributed by atoms with van der Waals surface area (Å²) in [5, 5.41) is 10.2. The van der Waals surface area contributed by atoms with Gasteiger partial charge in [0, 0.05) is 23.7 Å². The highest BCUT2D eigenvalue weighted by molar-refractivity contribution is 6.30. The Hall–Kier alpha value is -1.78. The number of hydrogen-bond donors (Lipinski definition) is 1. The second-order valence-corrected chi connectivity index (χ2v) is 4.99. The van der Waals surface area contributed by atoms with Crippen LogP contribution in [-0.4, -0.2) is 22.2 Å². The first kappa shape index (κ1) is 14.6. The minimum absolute atomic E-state index is 0.197. The summed E-state index contributed by atoms with van der Waals surface area (Å²) in [7, 11) is 0. The highest BCUT2D eigenvalue weighted by Crippen LogP contribution is 2.19. The molecule has 0 aliphatic heterocycles. The van der Waals surface area contributed by atoms with Crippen LogP contribution in [0.2, 0.25) is 10.0 Å². The number of rotatable bonds is 5. The number of pyridine rings is 1. The molecule has 1 unspecified atom stereocenters. The molecule has 20 heavy (non-hydrogen) atoms. The Morgan fingerprint density at radius 2 is 2.05 bits per heavy atom. The molecule has 1 aromatic carbocycles. The molecule has 2 rings (SSSR count). The molecule has 1 aromatic heterocycles. The fraction of sp³-hybridized carbons (Fsp3) is 0.143. The van der Waals surface area contributed by atoms with Crippen LogP contribution in [0, 0.1) is 0 Å². The number of carboxylic acid groups (broad SMARTS) is 1. The Kier molecular flexibility index (Phi) is 4.82.